The molecule has 10 heteroatoms. The number of unbranched alkanes of at least 4 members (excludes halogenated alkanes) is 29. The van der Waals surface area contributed by atoms with Crippen molar-refractivity contribution >= 4 is 19.8 Å². The van der Waals surface area contributed by atoms with E-state index in [1.165, 1.54) is 167 Å². The SMILES string of the molecule is CCCCCCCC/C=C\CCCCCCCCCCCC(=O)OCC(COP(=O)(O)OCCN)OC(=O)CCCCCCCCCCCCCCCCC. The molecule has 2 unspecified atom stereocenters. The van der Waals surface area contributed by atoms with Gasteiger partial charge in [-0.25, -0.2) is 4.57 Å². The van der Waals surface area contributed by atoms with Crippen molar-refractivity contribution in [2.45, 2.75) is 238 Å². The first-order valence-electron chi connectivity index (χ1n) is 23.2. The molecule has 0 aromatic carbocycles. The first kappa shape index (κ1) is 53.8. The molecule has 9 nitrogen and oxygen atoms in total. The molecule has 0 saturated heterocycles. The Kier molecular flexibility index (Phi) is 41.4. The van der Waals surface area contributed by atoms with E-state index in [-0.39, 0.29) is 38.6 Å². The maximum atomic E-state index is 12.6. The van der Waals surface area contributed by atoms with Gasteiger partial charge >= 0.3 is 19.8 Å². The molecule has 0 aromatic heterocycles. The standard InChI is InChI=1S/C45H88NO8P/c1-3-5-7-9-11-13-15-17-19-20-21-22-24-25-27-29-31-33-35-37-44(47)51-41-43(42-53-55(49,50)52-40-39-46)54-45(48)38-36-34-32-30-28-26-23-18-16-14-12-10-8-6-4-2/h17,19,43H,3-16,18,20-42,46H2,1-2H3,(H,49,50)/b19-17-. The Labute approximate surface area is 339 Å². The van der Waals surface area contributed by atoms with Crippen LogP contribution in [0.5, 0.6) is 0 Å². The molecule has 0 amide bonds. The molecule has 326 valence electrons. The molecular formula is C45H88NO8P. The quantitative estimate of drug-likeness (QED) is 0.0267. The van der Waals surface area contributed by atoms with Gasteiger partial charge in [0.15, 0.2) is 6.10 Å². The van der Waals surface area contributed by atoms with Gasteiger partial charge in [0, 0.05) is 19.4 Å². The van der Waals surface area contributed by atoms with Crippen LogP contribution in [-0.2, 0) is 32.7 Å². The van der Waals surface area contributed by atoms with Gasteiger partial charge in [0.25, 0.3) is 0 Å². The Morgan fingerprint density at radius 1 is 0.527 bits per heavy atom. The zero-order chi connectivity index (χ0) is 40.3. The van der Waals surface area contributed by atoms with E-state index in [4.69, 9.17) is 24.3 Å². The van der Waals surface area contributed by atoms with Gasteiger partial charge in [0.2, 0.25) is 0 Å². The molecule has 0 aliphatic carbocycles. The second-order valence-electron chi connectivity index (χ2n) is 15.6. The topological polar surface area (TPSA) is 134 Å². The van der Waals surface area contributed by atoms with Crippen molar-refractivity contribution in [1.29, 1.82) is 0 Å². The summed E-state index contributed by atoms with van der Waals surface area (Å²) in [4.78, 5) is 34.9. The number of esters is 2. The van der Waals surface area contributed by atoms with Gasteiger partial charge in [-0.15, -0.1) is 0 Å². The van der Waals surface area contributed by atoms with E-state index in [2.05, 4.69) is 26.0 Å². The predicted octanol–water partition coefficient (Wildman–Crippen LogP) is 13.4. The van der Waals surface area contributed by atoms with E-state index < -0.39 is 26.5 Å². The number of hydrogen-bond acceptors (Lipinski definition) is 8. The van der Waals surface area contributed by atoms with E-state index in [1.54, 1.807) is 0 Å². The Hall–Kier alpha value is -1.25. The van der Waals surface area contributed by atoms with Crippen LogP contribution >= 0.6 is 7.82 Å². The third-order valence-corrected chi connectivity index (χ3v) is 11.1. The van der Waals surface area contributed by atoms with Crippen LogP contribution in [0, 0.1) is 0 Å². The molecule has 0 fully saturated rings. The third-order valence-electron chi connectivity index (χ3n) is 10.2. The Morgan fingerprint density at radius 3 is 1.29 bits per heavy atom. The summed E-state index contributed by atoms with van der Waals surface area (Å²) in [5, 5.41) is 0. The summed E-state index contributed by atoms with van der Waals surface area (Å²) in [6, 6.07) is 0. The molecule has 2 atom stereocenters. The summed E-state index contributed by atoms with van der Waals surface area (Å²) in [6.07, 6.45) is 43.8. The second-order valence-corrected chi connectivity index (χ2v) is 17.1. The van der Waals surface area contributed by atoms with Crippen LogP contribution in [0.15, 0.2) is 12.2 Å². The molecule has 0 aliphatic heterocycles. The summed E-state index contributed by atoms with van der Waals surface area (Å²) < 4.78 is 32.8. The highest BCUT2D eigenvalue weighted by molar-refractivity contribution is 7.47. The number of rotatable bonds is 44. The van der Waals surface area contributed by atoms with Gasteiger partial charge in [-0.05, 0) is 38.5 Å². The van der Waals surface area contributed by atoms with Crippen LogP contribution in [0.4, 0.5) is 0 Å². The minimum absolute atomic E-state index is 0.0562. The van der Waals surface area contributed by atoms with Gasteiger partial charge in [0.1, 0.15) is 6.61 Å². The Morgan fingerprint density at radius 2 is 0.891 bits per heavy atom. The molecule has 3 N–H and O–H groups in total. The highest BCUT2D eigenvalue weighted by Gasteiger charge is 2.26. The van der Waals surface area contributed by atoms with Crippen LogP contribution in [0.25, 0.3) is 0 Å². The lowest BCUT2D eigenvalue weighted by Crippen LogP contribution is -2.29. The van der Waals surface area contributed by atoms with Crippen molar-refractivity contribution in [3.8, 4) is 0 Å². The summed E-state index contributed by atoms with van der Waals surface area (Å²) >= 11 is 0. The third kappa shape index (κ3) is 42.2. The summed E-state index contributed by atoms with van der Waals surface area (Å²) in [7, 11) is -4.37. The molecule has 0 heterocycles. The number of phosphoric acid groups is 1. The molecule has 0 radical (unpaired) electrons. The average molecular weight is 802 g/mol. The van der Waals surface area contributed by atoms with Gasteiger partial charge in [-0.1, -0.05) is 193 Å². The molecule has 0 aromatic rings. The fraction of sp³-hybridized carbons (Fsp3) is 0.911. The number of ether oxygens (including phenoxy) is 2. The fourth-order valence-corrected chi connectivity index (χ4v) is 7.45. The minimum atomic E-state index is -4.37. The highest BCUT2D eigenvalue weighted by atomic mass is 31.2. The van der Waals surface area contributed by atoms with E-state index in [0.29, 0.717) is 6.42 Å². The van der Waals surface area contributed by atoms with E-state index in [0.717, 1.165) is 32.1 Å². The number of carbonyl (C=O) groups excluding carboxylic acids is 2. The Balaban J connectivity index is 4.07. The normalized spacial score (nSPS) is 13.3. The van der Waals surface area contributed by atoms with Crippen molar-refractivity contribution in [3.05, 3.63) is 12.2 Å². The maximum absolute atomic E-state index is 12.6. The fourth-order valence-electron chi connectivity index (χ4n) is 6.69. The van der Waals surface area contributed by atoms with Crippen LogP contribution in [0.1, 0.15) is 232 Å². The molecule has 55 heavy (non-hydrogen) atoms. The summed E-state index contributed by atoms with van der Waals surface area (Å²) in [5.41, 5.74) is 5.35. The van der Waals surface area contributed by atoms with Crippen molar-refractivity contribution < 1.29 is 37.6 Å². The monoisotopic (exact) mass is 802 g/mol. The smallest absolute Gasteiger partial charge is 0.462 e. The molecule has 0 spiro atoms. The van der Waals surface area contributed by atoms with Gasteiger partial charge in [0.05, 0.1) is 13.2 Å². The number of allylic oxidation sites excluding steroid dienone is 2. The number of hydrogen-bond donors (Lipinski definition) is 2. The van der Waals surface area contributed by atoms with Crippen molar-refractivity contribution in [2.24, 2.45) is 5.73 Å². The first-order chi connectivity index (χ1) is 26.8. The largest absolute Gasteiger partial charge is 0.472 e. The van der Waals surface area contributed by atoms with E-state index >= 15 is 0 Å². The number of phosphoric ester groups is 1. The van der Waals surface area contributed by atoms with Gasteiger partial charge < -0.3 is 20.1 Å². The zero-order valence-corrected chi connectivity index (χ0v) is 36.8. The van der Waals surface area contributed by atoms with Gasteiger partial charge in [-0.3, -0.25) is 18.6 Å². The summed E-state index contributed by atoms with van der Waals surface area (Å²) in [6.45, 7) is 3.76. The molecule has 0 rings (SSSR count). The lowest BCUT2D eigenvalue weighted by molar-refractivity contribution is -0.161. The zero-order valence-electron chi connectivity index (χ0n) is 35.9. The minimum Gasteiger partial charge on any atom is -0.462 e. The lowest BCUT2D eigenvalue weighted by Gasteiger charge is -2.19. The van der Waals surface area contributed by atoms with Crippen LogP contribution in [0.3, 0.4) is 0 Å². The maximum Gasteiger partial charge on any atom is 0.472 e. The van der Waals surface area contributed by atoms with Gasteiger partial charge in [-0.2, -0.15) is 0 Å². The molecule has 0 saturated carbocycles. The van der Waals surface area contributed by atoms with E-state index in [9.17, 15) is 19.0 Å². The van der Waals surface area contributed by atoms with Crippen molar-refractivity contribution in [2.75, 3.05) is 26.4 Å². The Bertz CT molecular complexity index is 917. The summed E-state index contributed by atoms with van der Waals surface area (Å²) in [5.74, 6) is -0.818. The lowest BCUT2D eigenvalue weighted by atomic mass is 10.0. The highest BCUT2D eigenvalue weighted by Crippen LogP contribution is 2.43. The average Bonchev–Trinajstić information content (AvgIpc) is 3.17. The van der Waals surface area contributed by atoms with Crippen LogP contribution in [-0.4, -0.2) is 49.3 Å². The van der Waals surface area contributed by atoms with E-state index in [1.807, 2.05) is 0 Å². The molecular weight excluding hydrogens is 713 g/mol. The van der Waals surface area contributed by atoms with Crippen LogP contribution in [0.2, 0.25) is 0 Å². The molecule has 0 aliphatic rings. The van der Waals surface area contributed by atoms with Crippen molar-refractivity contribution in [3.63, 3.8) is 0 Å². The first-order valence-corrected chi connectivity index (χ1v) is 24.7. The number of carbonyl (C=O) groups is 2. The number of nitrogens with two attached hydrogens (primary N) is 1. The second kappa shape index (κ2) is 42.4. The van der Waals surface area contributed by atoms with Crippen LogP contribution < -0.4 is 5.73 Å². The molecule has 0 bridgehead atoms. The predicted molar refractivity (Wildman–Crippen MR) is 229 cm³/mol. The van der Waals surface area contributed by atoms with Crippen molar-refractivity contribution in [1.82, 2.24) is 0 Å².